The average molecular weight is 435 g/mol. The number of aromatic nitrogens is 4. The Morgan fingerprint density at radius 2 is 1.94 bits per heavy atom. The van der Waals surface area contributed by atoms with E-state index in [9.17, 15) is 9.59 Å². The van der Waals surface area contributed by atoms with E-state index < -0.39 is 11.6 Å². The van der Waals surface area contributed by atoms with Crippen LogP contribution in [0.2, 0.25) is 0 Å². The first-order chi connectivity index (χ1) is 15.5. The smallest absolute Gasteiger partial charge is 0.332 e. The SMILES string of the molecule is COc1cccc(-c2nc(C(N)=O)c3[nH]c(=O)n(-c4ccc5c(c4)OCO5)c3n2)c1OC. The number of H-pyrrole nitrogens is 1. The zero-order chi connectivity index (χ0) is 22.4. The van der Waals surface area contributed by atoms with Crippen molar-refractivity contribution in [2.24, 2.45) is 5.73 Å². The number of ether oxygens (including phenoxy) is 4. The second kappa shape index (κ2) is 7.30. The molecule has 4 aromatic rings. The van der Waals surface area contributed by atoms with Crippen LogP contribution < -0.4 is 30.4 Å². The number of fused-ring (bicyclic) bond motifs is 2. The second-order valence-corrected chi connectivity index (χ2v) is 6.80. The first kappa shape index (κ1) is 19.4. The Labute approximate surface area is 180 Å². The van der Waals surface area contributed by atoms with Gasteiger partial charge < -0.3 is 29.7 Å². The van der Waals surface area contributed by atoms with Crippen molar-refractivity contribution in [3.05, 3.63) is 52.6 Å². The molecule has 0 fully saturated rings. The van der Waals surface area contributed by atoms with Gasteiger partial charge in [0.15, 0.2) is 40.2 Å². The Balaban J connectivity index is 1.81. The van der Waals surface area contributed by atoms with Gasteiger partial charge in [0.1, 0.15) is 5.52 Å². The molecule has 0 saturated carbocycles. The molecule has 2 aromatic carbocycles. The van der Waals surface area contributed by atoms with E-state index in [0.717, 1.165) is 0 Å². The first-order valence-electron chi connectivity index (χ1n) is 9.45. The van der Waals surface area contributed by atoms with Gasteiger partial charge >= 0.3 is 5.69 Å². The lowest BCUT2D eigenvalue weighted by Gasteiger charge is -2.12. The second-order valence-electron chi connectivity index (χ2n) is 6.80. The largest absolute Gasteiger partial charge is 0.493 e. The molecular weight excluding hydrogens is 418 g/mol. The monoisotopic (exact) mass is 435 g/mol. The third kappa shape index (κ3) is 2.90. The number of carbonyl (C=O) groups is 1. The fourth-order valence-corrected chi connectivity index (χ4v) is 3.61. The molecule has 0 radical (unpaired) electrons. The van der Waals surface area contributed by atoms with E-state index >= 15 is 0 Å². The Morgan fingerprint density at radius 3 is 2.69 bits per heavy atom. The topological polar surface area (TPSA) is 144 Å². The van der Waals surface area contributed by atoms with Gasteiger partial charge in [0.25, 0.3) is 5.91 Å². The fraction of sp³-hybridized carbons (Fsp3) is 0.143. The predicted molar refractivity (Wildman–Crippen MR) is 113 cm³/mol. The number of methoxy groups -OCH3 is 2. The molecule has 0 spiro atoms. The molecule has 1 aliphatic rings. The standard InChI is InChI=1S/C21H17N5O6/c1-29-13-5-3-4-11(17(13)30-2)19-23-15(18(22)27)16-20(25-19)26(21(28)24-16)10-6-7-12-14(8-10)32-9-31-12/h3-8H,9H2,1-2H3,(H2,22,27)(H,24,28). The molecule has 0 unspecified atom stereocenters. The molecule has 162 valence electrons. The minimum atomic E-state index is -0.820. The van der Waals surface area contributed by atoms with E-state index in [1.54, 1.807) is 36.4 Å². The number of hydrogen-bond acceptors (Lipinski definition) is 8. The Kier molecular flexibility index (Phi) is 4.43. The van der Waals surface area contributed by atoms with Crippen molar-refractivity contribution in [3.63, 3.8) is 0 Å². The first-order valence-corrected chi connectivity index (χ1v) is 9.45. The Bertz CT molecular complexity index is 1440. The molecule has 5 rings (SSSR count). The lowest BCUT2D eigenvalue weighted by atomic mass is 10.1. The summed E-state index contributed by atoms with van der Waals surface area (Å²) in [5.41, 5.74) is 6.12. The van der Waals surface area contributed by atoms with Crippen LogP contribution in [0.15, 0.2) is 41.2 Å². The summed E-state index contributed by atoms with van der Waals surface area (Å²) >= 11 is 0. The molecule has 11 heteroatoms. The minimum absolute atomic E-state index is 0.0926. The summed E-state index contributed by atoms with van der Waals surface area (Å²) in [6.45, 7) is 0.0926. The van der Waals surface area contributed by atoms with Crippen molar-refractivity contribution in [2.75, 3.05) is 21.0 Å². The molecule has 0 bridgehead atoms. The van der Waals surface area contributed by atoms with Gasteiger partial charge in [0, 0.05) is 6.07 Å². The fourth-order valence-electron chi connectivity index (χ4n) is 3.61. The maximum absolute atomic E-state index is 12.9. The third-order valence-electron chi connectivity index (χ3n) is 5.03. The molecule has 32 heavy (non-hydrogen) atoms. The molecule has 1 amide bonds. The minimum Gasteiger partial charge on any atom is -0.493 e. The van der Waals surface area contributed by atoms with Crippen LogP contribution in [-0.4, -0.2) is 46.4 Å². The number of nitrogens with one attached hydrogen (secondary N) is 1. The summed E-state index contributed by atoms with van der Waals surface area (Å²) in [4.78, 5) is 36.6. The lowest BCUT2D eigenvalue weighted by molar-refractivity contribution is 0.0997. The van der Waals surface area contributed by atoms with Crippen LogP contribution in [0.4, 0.5) is 0 Å². The average Bonchev–Trinajstić information content (AvgIpc) is 3.40. The number of para-hydroxylation sites is 1. The predicted octanol–water partition coefficient (Wildman–Crippen LogP) is 1.62. The van der Waals surface area contributed by atoms with Crippen LogP contribution in [-0.2, 0) is 0 Å². The van der Waals surface area contributed by atoms with Crippen molar-refractivity contribution in [1.29, 1.82) is 0 Å². The van der Waals surface area contributed by atoms with E-state index in [2.05, 4.69) is 15.0 Å². The number of rotatable bonds is 5. The number of primary amides is 1. The molecule has 0 aliphatic carbocycles. The zero-order valence-electron chi connectivity index (χ0n) is 17.0. The zero-order valence-corrected chi connectivity index (χ0v) is 17.0. The van der Waals surface area contributed by atoms with Gasteiger partial charge in [-0.2, -0.15) is 0 Å². The van der Waals surface area contributed by atoms with E-state index in [1.165, 1.54) is 18.8 Å². The molecule has 11 nitrogen and oxygen atoms in total. The highest BCUT2D eigenvalue weighted by atomic mass is 16.7. The lowest BCUT2D eigenvalue weighted by Crippen LogP contribution is -2.15. The summed E-state index contributed by atoms with van der Waals surface area (Å²) in [5, 5.41) is 0. The van der Waals surface area contributed by atoms with E-state index in [0.29, 0.717) is 34.2 Å². The molecular formula is C21H17N5O6. The highest BCUT2D eigenvalue weighted by molar-refractivity contribution is 6.02. The number of amides is 1. The van der Waals surface area contributed by atoms with Gasteiger partial charge in [0.05, 0.1) is 25.5 Å². The van der Waals surface area contributed by atoms with Crippen LogP contribution in [0.3, 0.4) is 0 Å². The number of nitrogens with two attached hydrogens (primary N) is 1. The number of imidazole rings is 1. The van der Waals surface area contributed by atoms with Gasteiger partial charge in [-0.1, -0.05) is 6.07 Å². The summed E-state index contributed by atoms with van der Waals surface area (Å²) < 4.78 is 22.9. The number of hydrogen-bond donors (Lipinski definition) is 2. The molecule has 3 heterocycles. The van der Waals surface area contributed by atoms with Crippen molar-refractivity contribution < 1.29 is 23.7 Å². The molecule has 2 aromatic heterocycles. The molecule has 1 aliphatic heterocycles. The van der Waals surface area contributed by atoms with Crippen molar-refractivity contribution >= 4 is 17.1 Å². The van der Waals surface area contributed by atoms with Crippen LogP contribution in [0, 0.1) is 0 Å². The number of nitrogens with zero attached hydrogens (tertiary/aromatic N) is 3. The van der Waals surface area contributed by atoms with Gasteiger partial charge in [-0.15, -0.1) is 0 Å². The maximum atomic E-state index is 12.9. The van der Waals surface area contributed by atoms with Crippen molar-refractivity contribution in [2.45, 2.75) is 0 Å². The van der Waals surface area contributed by atoms with E-state index in [1.807, 2.05) is 0 Å². The molecule has 3 N–H and O–H groups in total. The van der Waals surface area contributed by atoms with Gasteiger partial charge in [-0.25, -0.2) is 19.3 Å². The van der Waals surface area contributed by atoms with Crippen LogP contribution in [0.25, 0.3) is 28.2 Å². The maximum Gasteiger partial charge on any atom is 0.332 e. The van der Waals surface area contributed by atoms with Crippen LogP contribution >= 0.6 is 0 Å². The van der Waals surface area contributed by atoms with E-state index in [-0.39, 0.29) is 29.5 Å². The van der Waals surface area contributed by atoms with E-state index in [4.69, 9.17) is 24.7 Å². The number of benzene rings is 2. The summed E-state index contributed by atoms with van der Waals surface area (Å²) in [6, 6.07) is 10.2. The summed E-state index contributed by atoms with van der Waals surface area (Å²) in [7, 11) is 2.98. The molecule has 0 atom stereocenters. The van der Waals surface area contributed by atoms with Crippen molar-refractivity contribution in [3.8, 4) is 40.1 Å². The van der Waals surface area contributed by atoms with Gasteiger partial charge in [0.2, 0.25) is 6.79 Å². The summed E-state index contributed by atoms with van der Waals surface area (Å²) in [6.07, 6.45) is 0. The summed E-state index contributed by atoms with van der Waals surface area (Å²) in [5.74, 6) is 1.20. The normalized spacial score (nSPS) is 12.2. The third-order valence-corrected chi connectivity index (χ3v) is 5.03. The number of carbonyl (C=O) groups excluding carboxylic acids is 1. The highest BCUT2D eigenvalue weighted by Gasteiger charge is 2.23. The Morgan fingerprint density at radius 1 is 1.12 bits per heavy atom. The van der Waals surface area contributed by atoms with Crippen molar-refractivity contribution in [1.82, 2.24) is 19.5 Å². The van der Waals surface area contributed by atoms with Gasteiger partial charge in [-0.3, -0.25) is 4.79 Å². The number of aromatic amines is 1. The highest BCUT2D eigenvalue weighted by Crippen LogP contribution is 2.37. The van der Waals surface area contributed by atoms with Crippen LogP contribution in [0.5, 0.6) is 23.0 Å². The quantitative estimate of drug-likeness (QED) is 0.481. The van der Waals surface area contributed by atoms with Crippen LogP contribution in [0.1, 0.15) is 10.5 Å². The van der Waals surface area contributed by atoms with Gasteiger partial charge in [-0.05, 0) is 24.3 Å². The Hall–Kier alpha value is -4.54. The molecule has 0 saturated heterocycles.